The highest BCUT2D eigenvalue weighted by atomic mass is 32.1. The molecule has 0 bridgehead atoms. The van der Waals surface area contributed by atoms with Crippen molar-refractivity contribution in [1.82, 2.24) is 0 Å². The molecule has 1 aromatic heterocycles. The molecule has 0 aliphatic heterocycles. The molecule has 1 aromatic rings. The number of hydrogen-bond acceptors (Lipinski definition) is 3. The first kappa shape index (κ1) is 8.23. The van der Waals surface area contributed by atoms with E-state index in [2.05, 4.69) is 0 Å². The van der Waals surface area contributed by atoms with Gasteiger partial charge in [-0.2, -0.15) is 11.3 Å². The van der Waals surface area contributed by atoms with E-state index in [1.807, 2.05) is 0 Å². The van der Waals surface area contributed by atoms with E-state index in [0.29, 0.717) is 11.1 Å². The number of rotatable bonds is 2. The van der Waals surface area contributed by atoms with Crippen molar-refractivity contribution in [2.75, 3.05) is 0 Å². The number of aromatic carboxylic acids is 1. The van der Waals surface area contributed by atoms with Gasteiger partial charge in [-0.3, -0.25) is 0 Å². The summed E-state index contributed by atoms with van der Waals surface area (Å²) in [6, 6.07) is -0.202. The predicted molar refractivity (Wildman–Crippen MR) is 43.9 cm³/mol. The van der Waals surface area contributed by atoms with Crippen LogP contribution in [0.1, 0.15) is 28.9 Å². The average Bonchev–Trinajstić information content (AvgIpc) is 2.32. The SMILES string of the molecule is CC(N)c1cscc1C(=O)O. The number of carboxylic acid groups (broad SMARTS) is 1. The number of carbonyl (C=O) groups is 1. The summed E-state index contributed by atoms with van der Waals surface area (Å²) >= 11 is 1.36. The van der Waals surface area contributed by atoms with Gasteiger partial charge < -0.3 is 10.8 Å². The highest BCUT2D eigenvalue weighted by Gasteiger charge is 2.12. The van der Waals surface area contributed by atoms with Crippen molar-refractivity contribution in [1.29, 1.82) is 0 Å². The molecule has 0 fully saturated rings. The van der Waals surface area contributed by atoms with E-state index in [1.54, 1.807) is 17.7 Å². The van der Waals surface area contributed by atoms with Gasteiger partial charge in [-0.15, -0.1) is 0 Å². The Morgan fingerprint density at radius 2 is 2.36 bits per heavy atom. The van der Waals surface area contributed by atoms with Crippen LogP contribution >= 0.6 is 11.3 Å². The Morgan fingerprint density at radius 3 is 2.73 bits per heavy atom. The van der Waals surface area contributed by atoms with Gasteiger partial charge in [0.25, 0.3) is 0 Å². The summed E-state index contributed by atoms with van der Waals surface area (Å²) in [6.45, 7) is 1.77. The minimum absolute atomic E-state index is 0.202. The Morgan fingerprint density at radius 1 is 1.73 bits per heavy atom. The third-order valence-electron chi connectivity index (χ3n) is 1.41. The van der Waals surface area contributed by atoms with Gasteiger partial charge in [0.05, 0.1) is 5.56 Å². The normalized spacial score (nSPS) is 12.9. The molecular formula is C7H9NO2S. The van der Waals surface area contributed by atoms with E-state index >= 15 is 0 Å². The highest BCUT2D eigenvalue weighted by Crippen LogP contribution is 2.20. The van der Waals surface area contributed by atoms with Gasteiger partial charge in [0.1, 0.15) is 0 Å². The fourth-order valence-electron chi connectivity index (χ4n) is 0.833. The van der Waals surface area contributed by atoms with E-state index in [1.165, 1.54) is 11.3 Å². The summed E-state index contributed by atoms with van der Waals surface area (Å²) in [4.78, 5) is 10.5. The van der Waals surface area contributed by atoms with E-state index in [-0.39, 0.29) is 6.04 Å². The first-order valence-electron chi connectivity index (χ1n) is 3.18. The second-order valence-corrected chi connectivity index (χ2v) is 3.08. The minimum atomic E-state index is -0.904. The van der Waals surface area contributed by atoms with E-state index in [9.17, 15) is 4.79 Å². The maximum Gasteiger partial charge on any atom is 0.336 e. The molecule has 1 rings (SSSR count). The Balaban J connectivity index is 3.06. The fourth-order valence-corrected chi connectivity index (χ4v) is 1.76. The zero-order valence-corrected chi connectivity index (χ0v) is 6.89. The van der Waals surface area contributed by atoms with Crippen LogP contribution in [0.15, 0.2) is 10.8 Å². The standard InChI is InChI=1S/C7H9NO2S/c1-4(8)5-2-11-3-6(5)7(9)10/h2-4H,8H2,1H3,(H,9,10). The van der Waals surface area contributed by atoms with E-state index in [0.717, 1.165) is 0 Å². The maximum atomic E-state index is 10.5. The molecule has 4 heteroatoms. The summed E-state index contributed by atoms with van der Waals surface area (Å²) < 4.78 is 0. The topological polar surface area (TPSA) is 63.3 Å². The molecule has 60 valence electrons. The third kappa shape index (κ3) is 1.58. The fraction of sp³-hybridized carbons (Fsp3) is 0.286. The van der Waals surface area contributed by atoms with Gasteiger partial charge in [0.2, 0.25) is 0 Å². The lowest BCUT2D eigenvalue weighted by atomic mass is 10.1. The number of nitrogens with two attached hydrogens (primary N) is 1. The monoisotopic (exact) mass is 171 g/mol. The van der Waals surface area contributed by atoms with Crippen molar-refractivity contribution in [3.8, 4) is 0 Å². The highest BCUT2D eigenvalue weighted by molar-refractivity contribution is 7.08. The maximum absolute atomic E-state index is 10.5. The Hall–Kier alpha value is -0.870. The largest absolute Gasteiger partial charge is 0.478 e. The predicted octanol–water partition coefficient (Wildman–Crippen LogP) is 1.47. The lowest BCUT2D eigenvalue weighted by molar-refractivity contribution is 0.0696. The Kier molecular flexibility index (Phi) is 2.26. The minimum Gasteiger partial charge on any atom is -0.478 e. The van der Waals surface area contributed by atoms with Crippen molar-refractivity contribution in [3.63, 3.8) is 0 Å². The van der Waals surface area contributed by atoms with Crippen molar-refractivity contribution < 1.29 is 9.90 Å². The van der Waals surface area contributed by atoms with Gasteiger partial charge in [-0.05, 0) is 17.9 Å². The molecule has 11 heavy (non-hydrogen) atoms. The van der Waals surface area contributed by atoms with Crippen LogP contribution in [0.3, 0.4) is 0 Å². The summed E-state index contributed by atoms with van der Waals surface area (Å²) in [5.41, 5.74) is 6.57. The summed E-state index contributed by atoms with van der Waals surface area (Å²) in [5.74, 6) is -0.904. The second-order valence-electron chi connectivity index (χ2n) is 2.33. The second kappa shape index (κ2) is 3.02. The summed E-state index contributed by atoms with van der Waals surface area (Å²) in [5, 5.41) is 12.0. The Labute approximate surface area is 68.5 Å². The zero-order valence-electron chi connectivity index (χ0n) is 6.07. The molecule has 0 saturated carbocycles. The molecule has 1 unspecified atom stereocenters. The van der Waals surface area contributed by atoms with Crippen LogP contribution in [0, 0.1) is 0 Å². The molecule has 0 amide bonds. The molecule has 0 saturated heterocycles. The van der Waals surface area contributed by atoms with Gasteiger partial charge >= 0.3 is 5.97 Å². The molecule has 1 atom stereocenters. The van der Waals surface area contributed by atoms with Crippen LogP contribution in [-0.2, 0) is 0 Å². The van der Waals surface area contributed by atoms with E-state index in [4.69, 9.17) is 10.8 Å². The first-order chi connectivity index (χ1) is 5.13. The van der Waals surface area contributed by atoms with Gasteiger partial charge in [0.15, 0.2) is 0 Å². The molecule has 3 nitrogen and oxygen atoms in total. The van der Waals surface area contributed by atoms with Crippen LogP contribution in [0.2, 0.25) is 0 Å². The van der Waals surface area contributed by atoms with Crippen LogP contribution < -0.4 is 5.73 Å². The van der Waals surface area contributed by atoms with Crippen LogP contribution in [0.4, 0.5) is 0 Å². The first-order valence-corrected chi connectivity index (χ1v) is 4.12. The van der Waals surface area contributed by atoms with Gasteiger partial charge in [-0.25, -0.2) is 4.79 Å². The van der Waals surface area contributed by atoms with Gasteiger partial charge in [0, 0.05) is 11.4 Å². The molecule has 1 heterocycles. The zero-order chi connectivity index (χ0) is 8.43. The lowest BCUT2D eigenvalue weighted by Crippen LogP contribution is -2.08. The van der Waals surface area contributed by atoms with E-state index < -0.39 is 5.97 Å². The third-order valence-corrected chi connectivity index (χ3v) is 2.17. The average molecular weight is 171 g/mol. The Bertz CT molecular complexity index is 267. The van der Waals surface area contributed by atoms with Gasteiger partial charge in [-0.1, -0.05) is 0 Å². The van der Waals surface area contributed by atoms with Crippen LogP contribution in [-0.4, -0.2) is 11.1 Å². The molecular weight excluding hydrogens is 162 g/mol. The van der Waals surface area contributed by atoms with Crippen LogP contribution in [0.5, 0.6) is 0 Å². The molecule has 0 radical (unpaired) electrons. The van der Waals surface area contributed by atoms with Crippen molar-refractivity contribution >= 4 is 17.3 Å². The van der Waals surface area contributed by atoms with Crippen molar-refractivity contribution in [2.24, 2.45) is 5.73 Å². The molecule has 0 spiro atoms. The number of hydrogen-bond donors (Lipinski definition) is 2. The number of thiophene rings is 1. The molecule has 0 aliphatic carbocycles. The lowest BCUT2D eigenvalue weighted by Gasteiger charge is -2.02. The quantitative estimate of drug-likeness (QED) is 0.708. The molecule has 0 aromatic carbocycles. The summed E-state index contributed by atoms with van der Waals surface area (Å²) in [6.07, 6.45) is 0. The summed E-state index contributed by atoms with van der Waals surface area (Å²) in [7, 11) is 0. The molecule has 0 aliphatic rings. The van der Waals surface area contributed by atoms with Crippen molar-refractivity contribution in [3.05, 3.63) is 21.9 Å². The van der Waals surface area contributed by atoms with Crippen LogP contribution in [0.25, 0.3) is 0 Å². The molecule has 3 N–H and O–H groups in total. The van der Waals surface area contributed by atoms with Crippen molar-refractivity contribution in [2.45, 2.75) is 13.0 Å². The smallest absolute Gasteiger partial charge is 0.336 e. The number of carboxylic acids is 1.